The van der Waals surface area contributed by atoms with Crippen LogP contribution in [0.5, 0.6) is 0 Å². The molecule has 0 bridgehead atoms. The van der Waals surface area contributed by atoms with E-state index in [9.17, 15) is 4.39 Å². The molecule has 1 saturated heterocycles. The Morgan fingerprint density at radius 2 is 2.00 bits per heavy atom. The lowest BCUT2D eigenvalue weighted by atomic mass is 9.92. The van der Waals surface area contributed by atoms with Gasteiger partial charge < -0.3 is 11.1 Å². The van der Waals surface area contributed by atoms with Crippen LogP contribution in [0, 0.1) is 5.82 Å². The van der Waals surface area contributed by atoms with E-state index in [2.05, 4.69) is 15.3 Å². The van der Waals surface area contributed by atoms with Crippen molar-refractivity contribution in [3.05, 3.63) is 29.7 Å². The van der Waals surface area contributed by atoms with Gasteiger partial charge in [0, 0.05) is 11.3 Å². The number of para-hydroxylation sites is 1. The van der Waals surface area contributed by atoms with Crippen molar-refractivity contribution in [1.29, 1.82) is 0 Å². The molecule has 0 saturated carbocycles. The molecule has 0 aliphatic carbocycles. The van der Waals surface area contributed by atoms with Crippen LogP contribution in [0.4, 0.5) is 10.3 Å². The first kappa shape index (κ1) is 11.3. The fourth-order valence-electron chi connectivity index (χ4n) is 2.57. The lowest BCUT2D eigenvalue weighted by molar-refractivity contribution is 0.455. The van der Waals surface area contributed by atoms with Crippen molar-refractivity contribution in [3.8, 4) is 0 Å². The topological polar surface area (TPSA) is 63.8 Å². The molecule has 0 unspecified atom stereocenters. The number of nitrogens with one attached hydrogen (secondary N) is 1. The van der Waals surface area contributed by atoms with Crippen molar-refractivity contribution in [3.63, 3.8) is 0 Å². The van der Waals surface area contributed by atoms with E-state index in [1.54, 1.807) is 6.07 Å². The third kappa shape index (κ3) is 1.90. The SMILES string of the molecule is Nc1nc(C2CCNCC2)c2cccc(F)c2n1. The van der Waals surface area contributed by atoms with Gasteiger partial charge in [-0.2, -0.15) is 0 Å². The van der Waals surface area contributed by atoms with E-state index < -0.39 is 0 Å². The summed E-state index contributed by atoms with van der Waals surface area (Å²) in [7, 11) is 0. The summed E-state index contributed by atoms with van der Waals surface area (Å²) in [4.78, 5) is 8.35. The largest absolute Gasteiger partial charge is 0.368 e. The monoisotopic (exact) mass is 246 g/mol. The van der Waals surface area contributed by atoms with E-state index in [0.717, 1.165) is 37.0 Å². The molecule has 3 rings (SSSR count). The van der Waals surface area contributed by atoms with Gasteiger partial charge in [0.1, 0.15) is 11.3 Å². The number of nitrogens with two attached hydrogens (primary N) is 1. The maximum Gasteiger partial charge on any atom is 0.220 e. The maximum absolute atomic E-state index is 13.8. The molecule has 1 aliphatic rings. The van der Waals surface area contributed by atoms with Gasteiger partial charge >= 0.3 is 0 Å². The number of piperidine rings is 1. The molecule has 5 heteroatoms. The van der Waals surface area contributed by atoms with E-state index in [4.69, 9.17) is 5.73 Å². The fraction of sp³-hybridized carbons (Fsp3) is 0.385. The molecule has 4 nitrogen and oxygen atoms in total. The van der Waals surface area contributed by atoms with Gasteiger partial charge in [0.15, 0.2) is 0 Å². The highest BCUT2D eigenvalue weighted by molar-refractivity contribution is 5.82. The van der Waals surface area contributed by atoms with Crippen molar-refractivity contribution in [1.82, 2.24) is 15.3 Å². The third-order valence-electron chi connectivity index (χ3n) is 3.45. The first-order chi connectivity index (χ1) is 8.75. The Hall–Kier alpha value is -1.75. The summed E-state index contributed by atoms with van der Waals surface area (Å²) >= 11 is 0. The number of anilines is 1. The molecule has 0 spiro atoms. The Kier molecular flexibility index (Phi) is 2.83. The minimum atomic E-state index is -0.336. The van der Waals surface area contributed by atoms with Crippen LogP contribution in [0.2, 0.25) is 0 Å². The molecule has 1 fully saturated rings. The number of halogens is 1. The Morgan fingerprint density at radius 3 is 2.78 bits per heavy atom. The summed E-state index contributed by atoms with van der Waals surface area (Å²) in [6, 6.07) is 4.97. The molecule has 94 valence electrons. The van der Waals surface area contributed by atoms with Crippen molar-refractivity contribution in [2.45, 2.75) is 18.8 Å². The molecular formula is C13H15FN4. The molecule has 1 aromatic carbocycles. The number of hydrogen-bond donors (Lipinski definition) is 2. The molecular weight excluding hydrogens is 231 g/mol. The van der Waals surface area contributed by atoms with Crippen molar-refractivity contribution in [2.75, 3.05) is 18.8 Å². The molecule has 2 aromatic rings. The van der Waals surface area contributed by atoms with Gasteiger partial charge in [0.2, 0.25) is 5.95 Å². The van der Waals surface area contributed by atoms with Gasteiger partial charge in [-0.15, -0.1) is 0 Å². The molecule has 0 amide bonds. The summed E-state index contributed by atoms with van der Waals surface area (Å²) in [5.41, 5.74) is 6.92. The Morgan fingerprint density at radius 1 is 1.22 bits per heavy atom. The van der Waals surface area contributed by atoms with Gasteiger partial charge in [-0.05, 0) is 32.0 Å². The maximum atomic E-state index is 13.8. The lowest BCUT2D eigenvalue weighted by Crippen LogP contribution is -2.27. The Labute approximate surface area is 104 Å². The van der Waals surface area contributed by atoms with Crippen LogP contribution in [-0.4, -0.2) is 23.1 Å². The van der Waals surface area contributed by atoms with Crippen LogP contribution in [0.15, 0.2) is 18.2 Å². The van der Waals surface area contributed by atoms with Crippen molar-refractivity contribution < 1.29 is 4.39 Å². The van der Waals surface area contributed by atoms with E-state index in [1.807, 2.05) is 6.07 Å². The smallest absolute Gasteiger partial charge is 0.220 e. The summed E-state index contributed by atoms with van der Waals surface area (Å²) in [5.74, 6) is 0.152. The molecule has 18 heavy (non-hydrogen) atoms. The quantitative estimate of drug-likeness (QED) is 0.805. The second-order valence-corrected chi connectivity index (χ2v) is 4.63. The highest BCUT2D eigenvalue weighted by Crippen LogP contribution is 2.30. The highest BCUT2D eigenvalue weighted by atomic mass is 19.1. The second kappa shape index (κ2) is 4.49. The van der Waals surface area contributed by atoms with Crippen molar-refractivity contribution in [2.24, 2.45) is 0 Å². The second-order valence-electron chi connectivity index (χ2n) is 4.63. The molecule has 0 radical (unpaired) electrons. The molecule has 1 aromatic heterocycles. The summed E-state index contributed by atoms with van der Waals surface area (Å²) < 4.78 is 13.8. The van der Waals surface area contributed by atoms with Gasteiger partial charge in [-0.1, -0.05) is 12.1 Å². The van der Waals surface area contributed by atoms with Crippen LogP contribution in [0.25, 0.3) is 10.9 Å². The lowest BCUT2D eigenvalue weighted by Gasteiger charge is -2.23. The minimum absolute atomic E-state index is 0.154. The van der Waals surface area contributed by atoms with Gasteiger partial charge in [0.25, 0.3) is 0 Å². The first-order valence-electron chi connectivity index (χ1n) is 6.18. The zero-order valence-electron chi connectivity index (χ0n) is 9.99. The van der Waals surface area contributed by atoms with Gasteiger partial charge in [-0.25, -0.2) is 14.4 Å². The number of nitrogen functional groups attached to an aromatic ring is 1. The number of rotatable bonds is 1. The number of nitrogens with zero attached hydrogens (tertiary/aromatic N) is 2. The Bertz CT molecular complexity index is 578. The minimum Gasteiger partial charge on any atom is -0.368 e. The van der Waals surface area contributed by atoms with Crippen LogP contribution in [0.3, 0.4) is 0 Å². The first-order valence-corrected chi connectivity index (χ1v) is 6.18. The van der Waals surface area contributed by atoms with Crippen molar-refractivity contribution >= 4 is 16.9 Å². The van der Waals surface area contributed by atoms with Crippen LogP contribution in [-0.2, 0) is 0 Å². The predicted molar refractivity (Wildman–Crippen MR) is 68.8 cm³/mol. The van der Waals surface area contributed by atoms with E-state index >= 15 is 0 Å². The van der Waals surface area contributed by atoms with Gasteiger partial charge in [0.05, 0.1) is 5.69 Å². The number of hydrogen-bond acceptors (Lipinski definition) is 4. The summed E-state index contributed by atoms with van der Waals surface area (Å²) in [5, 5.41) is 4.10. The Balaban J connectivity index is 2.18. The van der Waals surface area contributed by atoms with Crippen LogP contribution >= 0.6 is 0 Å². The molecule has 0 atom stereocenters. The summed E-state index contributed by atoms with van der Waals surface area (Å²) in [6.07, 6.45) is 2.00. The standard InChI is InChI=1S/C13H15FN4/c14-10-3-1-2-9-11(8-4-6-16-7-5-8)17-13(15)18-12(9)10/h1-3,8,16H,4-7H2,(H2,15,17,18). The molecule has 3 N–H and O–H groups in total. The van der Waals surface area contributed by atoms with Crippen LogP contribution < -0.4 is 11.1 Å². The third-order valence-corrected chi connectivity index (χ3v) is 3.45. The van der Waals surface area contributed by atoms with E-state index in [0.29, 0.717) is 11.4 Å². The molecule has 1 aliphatic heterocycles. The van der Waals surface area contributed by atoms with E-state index in [1.165, 1.54) is 6.07 Å². The highest BCUT2D eigenvalue weighted by Gasteiger charge is 2.20. The van der Waals surface area contributed by atoms with Gasteiger partial charge in [-0.3, -0.25) is 0 Å². The average Bonchev–Trinajstić information content (AvgIpc) is 2.40. The van der Waals surface area contributed by atoms with Crippen LogP contribution in [0.1, 0.15) is 24.5 Å². The number of benzene rings is 1. The molecule has 2 heterocycles. The zero-order chi connectivity index (χ0) is 12.5. The number of aromatic nitrogens is 2. The summed E-state index contributed by atoms with van der Waals surface area (Å²) in [6.45, 7) is 1.93. The predicted octanol–water partition coefficient (Wildman–Crippen LogP) is 1.82. The zero-order valence-corrected chi connectivity index (χ0v) is 9.99. The average molecular weight is 246 g/mol. The number of fused-ring (bicyclic) bond motifs is 1. The van der Waals surface area contributed by atoms with E-state index in [-0.39, 0.29) is 11.8 Å². The normalized spacial score (nSPS) is 17.2. The fourth-order valence-corrected chi connectivity index (χ4v) is 2.57.